The largest absolute Gasteiger partial charge is 0.495 e. The highest BCUT2D eigenvalue weighted by Crippen LogP contribution is 2.33. The van der Waals surface area contributed by atoms with Gasteiger partial charge in [-0.2, -0.15) is 0 Å². The minimum atomic E-state index is -0.0960. The lowest BCUT2D eigenvalue weighted by molar-refractivity contribution is -0.117. The number of ether oxygens (including phenoxy) is 1. The van der Waals surface area contributed by atoms with Gasteiger partial charge in [-0.05, 0) is 49.8 Å². The summed E-state index contributed by atoms with van der Waals surface area (Å²) in [5.41, 5.74) is 1.15. The van der Waals surface area contributed by atoms with E-state index in [9.17, 15) is 9.59 Å². The highest BCUT2D eigenvalue weighted by molar-refractivity contribution is 5.97. The number of hydrogen-bond acceptors (Lipinski definition) is 4. The van der Waals surface area contributed by atoms with Crippen LogP contribution in [0, 0.1) is 5.92 Å². The first kappa shape index (κ1) is 20.5. The number of amides is 2. The molecule has 0 radical (unpaired) electrons. The molecular formula is C19H28ClN3O3. The van der Waals surface area contributed by atoms with Crippen LogP contribution in [0.1, 0.15) is 42.5 Å². The van der Waals surface area contributed by atoms with Crippen LogP contribution >= 0.6 is 12.4 Å². The number of benzene rings is 1. The van der Waals surface area contributed by atoms with Crippen molar-refractivity contribution in [3.8, 4) is 5.75 Å². The quantitative estimate of drug-likeness (QED) is 0.822. The Morgan fingerprint density at radius 2 is 1.88 bits per heavy atom. The van der Waals surface area contributed by atoms with Crippen molar-refractivity contribution in [2.45, 2.75) is 44.2 Å². The number of methoxy groups -OCH3 is 1. The molecule has 0 saturated carbocycles. The second kappa shape index (κ2) is 8.73. The topological polar surface area (TPSA) is 70.7 Å². The Bertz CT molecular complexity index is 653. The molecule has 2 bridgehead atoms. The van der Waals surface area contributed by atoms with Crippen molar-refractivity contribution in [2.24, 2.45) is 5.92 Å². The monoisotopic (exact) mass is 381 g/mol. The van der Waals surface area contributed by atoms with Crippen LogP contribution in [-0.2, 0) is 4.79 Å². The van der Waals surface area contributed by atoms with E-state index in [1.54, 1.807) is 39.4 Å². The third kappa shape index (κ3) is 4.68. The molecule has 0 aromatic heterocycles. The number of carbonyl (C=O) groups is 2. The fraction of sp³-hybridized carbons (Fsp3) is 0.579. The average molecular weight is 382 g/mol. The fourth-order valence-electron chi connectivity index (χ4n) is 3.99. The Kier molecular flexibility index (Phi) is 6.89. The second-order valence-electron chi connectivity index (χ2n) is 7.34. The van der Waals surface area contributed by atoms with Gasteiger partial charge in [-0.3, -0.25) is 9.59 Å². The van der Waals surface area contributed by atoms with Gasteiger partial charge >= 0.3 is 0 Å². The highest BCUT2D eigenvalue weighted by Gasteiger charge is 2.34. The number of nitrogens with one attached hydrogen (secondary N) is 2. The number of halogens is 1. The lowest BCUT2D eigenvalue weighted by Crippen LogP contribution is -2.39. The molecular weight excluding hydrogens is 354 g/mol. The molecule has 144 valence electrons. The summed E-state index contributed by atoms with van der Waals surface area (Å²) < 4.78 is 5.36. The van der Waals surface area contributed by atoms with Crippen LogP contribution < -0.4 is 15.4 Å². The van der Waals surface area contributed by atoms with Gasteiger partial charge in [0, 0.05) is 38.2 Å². The number of fused-ring (bicyclic) bond motifs is 2. The molecule has 2 atom stereocenters. The summed E-state index contributed by atoms with van der Waals surface area (Å²) in [7, 11) is 4.95. The van der Waals surface area contributed by atoms with E-state index < -0.39 is 0 Å². The molecule has 2 aliphatic heterocycles. The molecule has 0 spiro atoms. The zero-order chi connectivity index (χ0) is 18.0. The number of piperidine rings is 1. The molecule has 2 saturated heterocycles. The predicted molar refractivity (Wildman–Crippen MR) is 104 cm³/mol. The maximum atomic E-state index is 12.4. The van der Waals surface area contributed by atoms with Gasteiger partial charge in [0.05, 0.1) is 12.8 Å². The molecule has 26 heavy (non-hydrogen) atoms. The summed E-state index contributed by atoms with van der Waals surface area (Å²) in [4.78, 5) is 26.0. The van der Waals surface area contributed by atoms with E-state index in [1.165, 1.54) is 17.7 Å². The summed E-state index contributed by atoms with van der Waals surface area (Å²) in [5.74, 6) is 0.864. The predicted octanol–water partition coefficient (Wildman–Crippen LogP) is 2.68. The summed E-state index contributed by atoms with van der Waals surface area (Å²) >= 11 is 0. The number of anilines is 1. The van der Waals surface area contributed by atoms with Gasteiger partial charge in [0.2, 0.25) is 5.91 Å². The molecule has 1 aromatic carbocycles. The molecule has 2 aliphatic rings. The van der Waals surface area contributed by atoms with Crippen molar-refractivity contribution in [3.05, 3.63) is 23.8 Å². The fourth-order valence-corrected chi connectivity index (χ4v) is 3.99. The lowest BCUT2D eigenvalue weighted by Gasteiger charge is -2.28. The van der Waals surface area contributed by atoms with Crippen LogP contribution in [0.15, 0.2) is 18.2 Å². The first-order chi connectivity index (χ1) is 12.0. The van der Waals surface area contributed by atoms with E-state index in [4.69, 9.17) is 4.74 Å². The van der Waals surface area contributed by atoms with Gasteiger partial charge < -0.3 is 20.3 Å². The lowest BCUT2D eigenvalue weighted by atomic mass is 9.89. The smallest absolute Gasteiger partial charge is 0.253 e. The van der Waals surface area contributed by atoms with Crippen LogP contribution in [-0.4, -0.2) is 50.0 Å². The molecule has 3 rings (SSSR count). The number of rotatable bonds is 5. The van der Waals surface area contributed by atoms with E-state index in [2.05, 4.69) is 10.6 Å². The Morgan fingerprint density at radius 3 is 2.46 bits per heavy atom. The molecule has 2 heterocycles. The van der Waals surface area contributed by atoms with E-state index in [0.29, 0.717) is 41.4 Å². The molecule has 0 aliphatic carbocycles. The van der Waals surface area contributed by atoms with Crippen LogP contribution in [0.2, 0.25) is 0 Å². The van der Waals surface area contributed by atoms with Crippen molar-refractivity contribution < 1.29 is 14.3 Å². The van der Waals surface area contributed by atoms with E-state index in [-0.39, 0.29) is 24.2 Å². The Morgan fingerprint density at radius 1 is 1.23 bits per heavy atom. The number of hydrogen-bond donors (Lipinski definition) is 2. The van der Waals surface area contributed by atoms with E-state index >= 15 is 0 Å². The second-order valence-corrected chi connectivity index (χ2v) is 7.34. The third-order valence-corrected chi connectivity index (χ3v) is 5.17. The Labute approximate surface area is 161 Å². The van der Waals surface area contributed by atoms with Crippen molar-refractivity contribution in [1.29, 1.82) is 0 Å². The third-order valence-electron chi connectivity index (χ3n) is 5.17. The number of carbonyl (C=O) groups excluding carboxylic acids is 2. The maximum absolute atomic E-state index is 12.4. The first-order valence-corrected chi connectivity index (χ1v) is 8.92. The van der Waals surface area contributed by atoms with Gasteiger partial charge in [-0.25, -0.2) is 0 Å². The summed E-state index contributed by atoms with van der Waals surface area (Å²) in [6.45, 7) is 0. The molecule has 7 heteroatoms. The van der Waals surface area contributed by atoms with Crippen LogP contribution in [0.5, 0.6) is 5.75 Å². The van der Waals surface area contributed by atoms with Gasteiger partial charge in [-0.15, -0.1) is 12.4 Å². The summed E-state index contributed by atoms with van der Waals surface area (Å²) in [5, 5.41) is 6.54. The molecule has 6 nitrogen and oxygen atoms in total. The van der Waals surface area contributed by atoms with Crippen LogP contribution in [0.3, 0.4) is 0 Å². The van der Waals surface area contributed by atoms with Gasteiger partial charge in [0.1, 0.15) is 5.75 Å². The van der Waals surface area contributed by atoms with Crippen LogP contribution in [0.4, 0.5) is 5.69 Å². The zero-order valence-corrected chi connectivity index (χ0v) is 16.4. The normalized spacial score (nSPS) is 23.7. The summed E-state index contributed by atoms with van der Waals surface area (Å²) in [6.07, 6.45) is 5.17. The highest BCUT2D eigenvalue weighted by atomic mass is 35.5. The van der Waals surface area contributed by atoms with Crippen molar-refractivity contribution in [1.82, 2.24) is 10.2 Å². The van der Waals surface area contributed by atoms with Gasteiger partial charge in [0.15, 0.2) is 0 Å². The molecule has 2 amide bonds. The Hall–Kier alpha value is -1.79. The molecule has 2 fully saturated rings. The van der Waals surface area contributed by atoms with Crippen molar-refractivity contribution in [2.75, 3.05) is 26.5 Å². The Balaban J connectivity index is 0.00000243. The number of nitrogens with zero attached hydrogens (tertiary/aromatic N) is 1. The minimum Gasteiger partial charge on any atom is -0.495 e. The minimum absolute atomic E-state index is 0. The zero-order valence-electron chi connectivity index (χ0n) is 15.6. The molecule has 1 aromatic rings. The average Bonchev–Trinajstić information content (AvgIpc) is 2.92. The van der Waals surface area contributed by atoms with E-state index in [0.717, 1.165) is 12.8 Å². The van der Waals surface area contributed by atoms with Gasteiger partial charge in [0.25, 0.3) is 5.91 Å². The summed E-state index contributed by atoms with van der Waals surface area (Å²) in [6, 6.07) is 6.29. The van der Waals surface area contributed by atoms with Gasteiger partial charge in [-0.1, -0.05) is 0 Å². The standard InChI is InChI=1S/C19H27N3O3.ClH/c1-22(2)19(24)13-4-7-16(17(11-13)25-3)21-18(23)10-12-8-14-5-6-15(9-12)20-14;/h4,7,11-12,14-15,20H,5-6,8-10H2,1-3H3,(H,21,23);1H. The first-order valence-electron chi connectivity index (χ1n) is 8.92. The molecule has 2 unspecified atom stereocenters. The SMILES string of the molecule is COc1cc(C(=O)N(C)C)ccc1NC(=O)CC1CC2CCC(C1)N2.Cl. The maximum Gasteiger partial charge on any atom is 0.253 e. The van der Waals surface area contributed by atoms with Crippen LogP contribution in [0.25, 0.3) is 0 Å². The molecule has 2 N–H and O–H groups in total. The van der Waals surface area contributed by atoms with Crippen molar-refractivity contribution >= 4 is 29.9 Å². The van der Waals surface area contributed by atoms with Crippen molar-refractivity contribution in [3.63, 3.8) is 0 Å². The van der Waals surface area contributed by atoms with E-state index in [1.807, 2.05) is 0 Å².